The molecule has 1 saturated heterocycles. The fourth-order valence-electron chi connectivity index (χ4n) is 3.11. The summed E-state index contributed by atoms with van der Waals surface area (Å²) in [5, 5.41) is 4.38. The van der Waals surface area contributed by atoms with Crippen molar-refractivity contribution in [2.45, 2.75) is 32.1 Å². The third-order valence-electron chi connectivity index (χ3n) is 4.88. The number of hydrogen-bond acceptors (Lipinski definition) is 5. The van der Waals surface area contributed by atoms with Gasteiger partial charge in [-0.1, -0.05) is 30.3 Å². The Bertz CT molecular complexity index is 934. The Labute approximate surface area is 165 Å². The number of nitrogens with zero attached hydrogens (tertiary/aromatic N) is 3. The van der Waals surface area contributed by atoms with Crippen LogP contribution in [-0.2, 0) is 16.4 Å². The highest BCUT2D eigenvalue weighted by molar-refractivity contribution is 7.92. The van der Waals surface area contributed by atoms with Crippen LogP contribution < -0.4 is 5.32 Å². The van der Waals surface area contributed by atoms with E-state index >= 15 is 0 Å². The van der Waals surface area contributed by atoms with Crippen molar-refractivity contribution in [2.24, 2.45) is 4.99 Å². The van der Waals surface area contributed by atoms with Gasteiger partial charge < -0.3 is 10.2 Å². The minimum absolute atomic E-state index is 0.151. The number of aromatic nitrogens is 1. The Morgan fingerprint density at radius 2 is 2.04 bits per heavy atom. The Morgan fingerprint density at radius 3 is 2.67 bits per heavy atom. The molecule has 0 atom stereocenters. The van der Waals surface area contributed by atoms with Crippen LogP contribution in [0.15, 0.2) is 35.3 Å². The smallest absolute Gasteiger partial charge is 0.194 e. The molecule has 1 aliphatic heterocycles. The van der Waals surface area contributed by atoms with Gasteiger partial charge in [0.05, 0.1) is 22.7 Å². The molecule has 0 amide bonds. The molecule has 1 aromatic carbocycles. The number of aryl methyl sites for hydroxylation is 1. The molecule has 0 unspecified atom stereocenters. The number of guanidine groups is 1. The van der Waals surface area contributed by atoms with Crippen LogP contribution in [0, 0.1) is 6.92 Å². The molecule has 1 aromatic heterocycles. The first-order valence-electron chi connectivity index (χ1n) is 8.93. The van der Waals surface area contributed by atoms with Gasteiger partial charge in [0.1, 0.15) is 5.01 Å². The van der Waals surface area contributed by atoms with Gasteiger partial charge in [-0.15, -0.1) is 11.3 Å². The lowest BCUT2D eigenvalue weighted by Crippen LogP contribution is -2.57. The molecule has 6 nitrogen and oxygen atoms in total. The average molecular weight is 407 g/mol. The lowest BCUT2D eigenvalue weighted by atomic mass is 10.2. The van der Waals surface area contributed by atoms with E-state index in [1.54, 1.807) is 32.2 Å². The summed E-state index contributed by atoms with van der Waals surface area (Å²) >= 11 is 1.67. The van der Waals surface area contributed by atoms with Crippen LogP contribution in [0.3, 0.4) is 0 Å². The first kappa shape index (κ1) is 19.8. The van der Waals surface area contributed by atoms with Crippen molar-refractivity contribution in [3.05, 3.63) is 40.9 Å². The van der Waals surface area contributed by atoms with Gasteiger partial charge in [0.2, 0.25) is 0 Å². The molecule has 0 aliphatic carbocycles. The number of aliphatic imine (C=N–C) groups is 1. The molecule has 0 spiro atoms. The second-order valence-corrected chi connectivity index (χ2v) is 11.1. The van der Waals surface area contributed by atoms with Crippen molar-refractivity contribution in [3.63, 3.8) is 0 Å². The van der Waals surface area contributed by atoms with Gasteiger partial charge in [-0.2, -0.15) is 0 Å². The number of benzene rings is 1. The quantitative estimate of drug-likeness (QED) is 0.627. The summed E-state index contributed by atoms with van der Waals surface area (Å²) < 4.78 is 23.7. The standard InChI is InChI=1S/C19H26N4O2S2/c1-14-16(26-17(22-14)15-8-6-5-7-9-15)12-21-18(20-4)23-10-11-27(24,25)19(2,3)13-23/h5-9H,10-13H2,1-4H3,(H,20,21). The molecular formula is C19H26N4O2S2. The maximum atomic E-state index is 12.2. The van der Waals surface area contributed by atoms with Crippen LogP contribution in [0.5, 0.6) is 0 Å². The largest absolute Gasteiger partial charge is 0.351 e. The topological polar surface area (TPSA) is 74.7 Å². The molecule has 2 aromatic rings. The maximum Gasteiger partial charge on any atom is 0.194 e. The molecule has 1 N–H and O–H groups in total. The highest BCUT2D eigenvalue weighted by Crippen LogP contribution is 2.28. The van der Waals surface area contributed by atoms with Crippen molar-refractivity contribution < 1.29 is 8.42 Å². The molecule has 27 heavy (non-hydrogen) atoms. The van der Waals surface area contributed by atoms with Crippen LogP contribution in [0.25, 0.3) is 10.6 Å². The third kappa shape index (κ3) is 4.16. The first-order chi connectivity index (χ1) is 12.7. The normalized spacial score (nSPS) is 19.1. The van der Waals surface area contributed by atoms with Crippen LogP contribution in [0.2, 0.25) is 0 Å². The zero-order valence-corrected chi connectivity index (χ0v) is 17.8. The van der Waals surface area contributed by atoms with E-state index in [1.165, 1.54) is 0 Å². The molecule has 2 heterocycles. The zero-order chi connectivity index (χ0) is 19.7. The molecule has 0 bridgehead atoms. The van der Waals surface area contributed by atoms with E-state index in [-0.39, 0.29) is 5.75 Å². The van der Waals surface area contributed by atoms with Crippen LogP contribution in [0.4, 0.5) is 0 Å². The Hall–Kier alpha value is -1.93. The molecule has 0 radical (unpaired) electrons. The minimum atomic E-state index is -3.07. The first-order valence-corrected chi connectivity index (χ1v) is 11.4. The summed E-state index contributed by atoms with van der Waals surface area (Å²) in [6, 6.07) is 10.1. The Morgan fingerprint density at radius 1 is 1.33 bits per heavy atom. The van der Waals surface area contributed by atoms with Gasteiger partial charge in [0, 0.05) is 30.6 Å². The van der Waals surface area contributed by atoms with Crippen molar-refractivity contribution in [1.82, 2.24) is 15.2 Å². The average Bonchev–Trinajstić information content (AvgIpc) is 3.00. The highest BCUT2D eigenvalue weighted by Gasteiger charge is 2.40. The van der Waals surface area contributed by atoms with Crippen molar-refractivity contribution in [1.29, 1.82) is 0 Å². The second kappa shape index (κ2) is 7.59. The summed E-state index contributed by atoms with van der Waals surface area (Å²) in [5.74, 6) is 0.880. The molecule has 1 fully saturated rings. The fourth-order valence-corrected chi connectivity index (χ4v) is 5.49. The van der Waals surface area contributed by atoms with Crippen LogP contribution in [-0.4, -0.2) is 54.9 Å². The van der Waals surface area contributed by atoms with Gasteiger partial charge >= 0.3 is 0 Å². The van der Waals surface area contributed by atoms with Crippen LogP contribution >= 0.6 is 11.3 Å². The van der Waals surface area contributed by atoms with Gasteiger partial charge in [-0.3, -0.25) is 4.99 Å². The molecular weight excluding hydrogens is 380 g/mol. The summed E-state index contributed by atoms with van der Waals surface area (Å²) in [5.41, 5.74) is 2.12. The van der Waals surface area contributed by atoms with E-state index in [0.29, 0.717) is 19.6 Å². The van der Waals surface area contributed by atoms with Crippen LogP contribution in [0.1, 0.15) is 24.4 Å². The summed E-state index contributed by atoms with van der Waals surface area (Å²) in [4.78, 5) is 12.2. The molecule has 3 rings (SSSR count). The number of hydrogen-bond donors (Lipinski definition) is 1. The SMILES string of the molecule is CN=C(NCc1sc(-c2ccccc2)nc1C)N1CCS(=O)(=O)C(C)(C)C1. The predicted octanol–water partition coefficient (Wildman–Crippen LogP) is 2.70. The van der Waals surface area contributed by atoms with E-state index < -0.39 is 14.6 Å². The van der Waals surface area contributed by atoms with Gasteiger partial charge in [0.15, 0.2) is 15.8 Å². The molecule has 146 valence electrons. The van der Waals surface area contributed by atoms with E-state index in [1.807, 2.05) is 30.0 Å². The number of rotatable bonds is 3. The second-order valence-electron chi connectivity index (χ2n) is 7.29. The Balaban J connectivity index is 1.70. The van der Waals surface area contributed by atoms with Crippen molar-refractivity contribution >= 4 is 27.1 Å². The van der Waals surface area contributed by atoms with E-state index in [0.717, 1.165) is 27.1 Å². The van der Waals surface area contributed by atoms with Crippen molar-refractivity contribution in [2.75, 3.05) is 25.9 Å². The number of nitrogens with one attached hydrogen (secondary N) is 1. The monoisotopic (exact) mass is 406 g/mol. The lowest BCUT2D eigenvalue weighted by Gasteiger charge is -2.39. The van der Waals surface area contributed by atoms with E-state index in [9.17, 15) is 8.42 Å². The summed E-state index contributed by atoms with van der Waals surface area (Å²) in [6.45, 7) is 7.09. The van der Waals surface area contributed by atoms with Gasteiger partial charge in [-0.25, -0.2) is 13.4 Å². The number of thiazole rings is 1. The predicted molar refractivity (Wildman–Crippen MR) is 112 cm³/mol. The van der Waals surface area contributed by atoms with Gasteiger partial charge in [0.25, 0.3) is 0 Å². The van der Waals surface area contributed by atoms with E-state index in [4.69, 9.17) is 0 Å². The Kier molecular flexibility index (Phi) is 5.58. The molecule has 8 heteroatoms. The summed E-state index contributed by atoms with van der Waals surface area (Å²) in [6.07, 6.45) is 0. The third-order valence-corrected chi connectivity index (χ3v) is 8.61. The maximum absolute atomic E-state index is 12.2. The van der Waals surface area contributed by atoms with Crippen molar-refractivity contribution in [3.8, 4) is 10.6 Å². The molecule has 0 saturated carbocycles. The fraction of sp³-hybridized carbons (Fsp3) is 0.474. The zero-order valence-electron chi connectivity index (χ0n) is 16.2. The highest BCUT2D eigenvalue weighted by atomic mass is 32.2. The summed E-state index contributed by atoms with van der Waals surface area (Å²) in [7, 11) is -1.34. The minimum Gasteiger partial charge on any atom is -0.351 e. The lowest BCUT2D eigenvalue weighted by molar-refractivity contribution is 0.353. The molecule has 1 aliphatic rings. The number of sulfone groups is 1. The van der Waals surface area contributed by atoms with E-state index in [2.05, 4.69) is 27.4 Å². The van der Waals surface area contributed by atoms with Gasteiger partial charge in [-0.05, 0) is 20.8 Å².